The normalized spacial score (nSPS) is 10.4. The molecule has 12 heavy (non-hydrogen) atoms. The molecule has 0 atom stereocenters. The molecule has 0 bridgehead atoms. The molecule has 0 fully saturated rings. The van der Waals surface area contributed by atoms with Crippen molar-refractivity contribution < 1.29 is 9.53 Å². The first-order chi connectivity index (χ1) is 5.83. The Morgan fingerprint density at radius 2 is 2.67 bits per heavy atom. The Hall–Kier alpha value is -1.16. The minimum atomic E-state index is -0.536. The van der Waals surface area contributed by atoms with E-state index in [-0.39, 0.29) is 0 Å². The van der Waals surface area contributed by atoms with Crippen LogP contribution in [0.25, 0.3) is 0 Å². The molecule has 64 valence electrons. The third-order valence-electron chi connectivity index (χ3n) is 1.11. The van der Waals surface area contributed by atoms with Gasteiger partial charge in [0.2, 0.25) is 0 Å². The Balaban J connectivity index is 2.45. The standard InChI is InChI=1S/C8H9NO2S/c1-2-11-8(10)9-6-7-4-3-5-12-7/h3-6H,2H2,1H3. The molecular formula is C8H9NO2S. The lowest BCUT2D eigenvalue weighted by molar-refractivity contribution is 0.164. The van der Waals surface area contributed by atoms with Gasteiger partial charge in [0.05, 0.1) is 12.8 Å². The first kappa shape index (κ1) is 8.93. The monoisotopic (exact) mass is 183 g/mol. The van der Waals surface area contributed by atoms with Gasteiger partial charge in [-0.3, -0.25) is 0 Å². The Bertz CT molecular complexity index is 267. The van der Waals surface area contributed by atoms with E-state index in [9.17, 15) is 4.79 Å². The van der Waals surface area contributed by atoms with Crippen LogP contribution in [0, 0.1) is 0 Å². The molecule has 1 heterocycles. The second-order valence-corrected chi connectivity index (χ2v) is 2.95. The molecule has 0 aliphatic carbocycles. The molecule has 0 aliphatic heterocycles. The summed E-state index contributed by atoms with van der Waals surface area (Å²) in [6, 6.07) is 3.78. The summed E-state index contributed by atoms with van der Waals surface area (Å²) < 4.78 is 4.61. The summed E-state index contributed by atoms with van der Waals surface area (Å²) in [4.78, 5) is 15.3. The van der Waals surface area contributed by atoms with Crippen molar-refractivity contribution in [2.75, 3.05) is 6.61 Å². The van der Waals surface area contributed by atoms with Gasteiger partial charge in [-0.1, -0.05) is 6.07 Å². The summed E-state index contributed by atoms with van der Waals surface area (Å²) in [5.74, 6) is 0. The second-order valence-electron chi connectivity index (χ2n) is 1.97. The SMILES string of the molecule is CCOC(=O)N=Cc1cccs1. The van der Waals surface area contributed by atoms with Gasteiger partial charge in [-0.2, -0.15) is 4.99 Å². The summed E-state index contributed by atoms with van der Waals surface area (Å²) in [6.07, 6.45) is 0.966. The number of ether oxygens (including phenoxy) is 1. The molecule has 0 unspecified atom stereocenters. The predicted molar refractivity (Wildman–Crippen MR) is 48.9 cm³/mol. The number of carbonyl (C=O) groups excluding carboxylic acids is 1. The molecule has 1 aromatic heterocycles. The van der Waals surface area contributed by atoms with Crippen LogP contribution in [0.5, 0.6) is 0 Å². The first-order valence-corrected chi connectivity index (χ1v) is 4.45. The second kappa shape index (κ2) is 4.66. The average molecular weight is 183 g/mol. The van der Waals surface area contributed by atoms with Gasteiger partial charge in [-0.05, 0) is 18.4 Å². The van der Waals surface area contributed by atoms with Crippen LogP contribution in [0.2, 0.25) is 0 Å². The molecule has 0 N–H and O–H groups in total. The maximum atomic E-state index is 10.7. The maximum absolute atomic E-state index is 10.7. The highest BCUT2D eigenvalue weighted by atomic mass is 32.1. The lowest BCUT2D eigenvalue weighted by Gasteiger charge is -1.92. The smallest absolute Gasteiger partial charge is 0.433 e. The fourth-order valence-corrected chi connectivity index (χ4v) is 1.23. The number of hydrogen-bond acceptors (Lipinski definition) is 3. The zero-order valence-corrected chi connectivity index (χ0v) is 7.50. The lowest BCUT2D eigenvalue weighted by atomic mass is 10.5. The molecule has 0 radical (unpaired) electrons. The number of hydrogen-bond donors (Lipinski definition) is 0. The molecular weight excluding hydrogens is 174 g/mol. The van der Waals surface area contributed by atoms with E-state index in [4.69, 9.17) is 0 Å². The van der Waals surface area contributed by atoms with Crippen LogP contribution in [-0.4, -0.2) is 18.9 Å². The predicted octanol–water partition coefficient (Wildman–Crippen LogP) is 2.32. The van der Waals surface area contributed by atoms with Gasteiger partial charge in [-0.15, -0.1) is 11.3 Å². The number of nitrogens with zero attached hydrogens (tertiary/aromatic N) is 1. The molecule has 1 amide bonds. The van der Waals surface area contributed by atoms with Crippen LogP contribution in [0.15, 0.2) is 22.5 Å². The van der Waals surface area contributed by atoms with Crippen molar-refractivity contribution in [1.29, 1.82) is 0 Å². The topological polar surface area (TPSA) is 38.7 Å². The van der Waals surface area contributed by atoms with Crippen LogP contribution < -0.4 is 0 Å². The van der Waals surface area contributed by atoms with Crippen molar-refractivity contribution in [1.82, 2.24) is 0 Å². The van der Waals surface area contributed by atoms with Crippen LogP contribution in [-0.2, 0) is 4.74 Å². The van der Waals surface area contributed by atoms with Gasteiger partial charge in [0.15, 0.2) is 0 Å². The van der Waals surface area contributed by atoms with Crippen molar-refractivity contribution in [2.45, 2.75) is 6.92 Å². The number of amides is 1. The minimum Gasteiger partial charge on any atom is -0.448 e. The highest BCUT2D eigenvalue weighted by molar-refractivity contribution is 7.11. The molecule has 0 aromatic carbocycles. The molecule has 0 aliphatic rings. The fourth-order valence-electron chi connectivity index (χ4n) is 0.642. The van der Waals surface area contributed by atoms with E-state index < -0.39 is 6.09 Å². The Morgan fingerprint density at radius 1 is 1.83 bits per heavy atom. The summed E-state index contributed by atoms with van der Waals surface area (Å²) in [5, 5.41) is 1.92. The van der Waals surface area contributed by atoms with E-state index in [1.54, 1.807) is 6.92 Å². The summed E-state index contributed by atoms with van der Waals surface area (Å²) >= 11 is 1.53. The van der Waals surface area contributed by atoms with E-state index >= 15 is 0 Å². The van der Waals surface area contributed by atoms with Gasteiger partial charge in [0.1, 0.15) is 0 Å². The van der Waals surface area contributed by atoms with Crippen molar-refractivity contribution in [3.05, 3.63) is 22.4 Å². The zero-order chi connectivity index (χ0) is 8.81. The van der Waals surface area contributed by atoms with Crippen molar-refractivity contribution in [2.24, 2.45) is 4.99 Å². The van der Waals surface area contributed by atoms with E-state index in [2.05, 4.69) is 9.73 Å². The minimum absolute atomic E-state index is 0.362. The Morgan fingerprint density at radius 3 is 3.25 bits per heavy atom. The Kier molecular flexibility index (Phi) is 3.47. The third kappa shape index (κ3) is 2.84. The first-order valence-electron chi connectivity index (χ1n) is 3.57. The van der Waals surface area contributed by atoms with Crippen LogP contribution in [0.4, 0.5) is 4.79 Å². The van der Waals surface area contributed by atoms with Gasteiger partial charge < -0.3 is 4.74 Å². The highest BCUT2D eigenvalue weighted by Crippen LogP contribution is 2.04. The van der Waals surface area contributed by atoms with E-state index in [1.807, 2.05) is 17.5 Å². The molecule has 3 nitrogen and oxygen atoms in total. The summed E-state index contributed by atoms with van der Waals surface area (Å²) in [7, 11) is 0. The summed E-state index contributed by atoms with van der Waals surface area (Å²) in [5.41, 5.74) is 0. The molecule has 4 heteroatoms. The quantitative estimate of drug-likeness (QED) is 0.660. The van der Waals surface area contributed by atoms with Gasteiger partial charge >= 0.3 is 6.09 Å². The van der Waals surface area contributed by atoms with Crippen molar-refractivity contribution in [3.63, 3.8) is 0 Å². The average Bonchev–Trinajstić information content (AvgIpc) is 2.53. The number of aliphatic imine (C=N–C) groups is 1. The maximum Gasteiger partial charge on any atom is 0.433 e. The number of carbonyl (C=O) groups is 1. The fraction of sp³-hybridized carbons (Fsp3) is 0.250. The molecule has 0 saturated heterocycles. The van der Waals surface area contributed by atoms with Crippen LogP contribution in [0.3, 0.4) is 0 Å². The van der Waals surface area contributed by atoms with Crippen LogP contribution >= 0.6 is 11.3 Å². The lowest BCUT2D eigenvalue weighted by Crippen LogP contribution is -1.97. The number of thiophene rings is 1. The van der Waals surface area contributed by atoms with E-state index in [1.165, 1.54) is 17.6 Å². The highest BCUT2D eigenvalue weighted by Gasteiger charge is 1.94. The van der Waals surface area contributed by atoms with Crippen LogP contribution in [0.1, 0.15) is 11.8 Å². The molecule has 0 saturated carbocycles. The third-order valence-corrected chi connectivity index (χ3v) is 1.92. The van der Waals surface area contributed by atoms with E-state index in [0.29, 0.717) is 6.61 Å². The molecule has 1 aromatic rings. The zero-order valence-electron chi connectivity index (χ0n) is 6.69. The van der Waals surface area contributed by atoms with Crippen molar-refractivity contribution in [3.8, 4) is 0 Å². The molecule has 1 rings (SSSR count). The van der Waals surface area contributed by atoms with Crippen molar-refractivity contribution >= 4 is 23.6 Å². The van der Waals surface area contributed by atoms with E-state index in [0.717, 1.165) is 4.88 Å². The number of rotatable bonds is 2. The Labute approximate surface area is 74.7 Å². The molecule has 0 spiro atoms. The van der Waals surface area contributed by atoms with Gasteiger partial charge in [-0.25, -0.2) is 4.79 Å². The van der Waals surface area contributed by atoms with Gasteiger partial charge in [0, 0.05) is 4.88 Å². The largest absolute Gasteiger partial charge is 0.448 e. The van der Waals surface area contributed by atoms with Gasteiger partial charge in [0.25, 0.3) is 0 Å². The summed E-state index contributed by atoms with van der Waals surface area (Å²) in [6.45, 7) is 2.11.